The van der Waals surface area contributed by atoms with Crippen LogP contribution in [0.15, 0.2) is 42.5 Å². The Kier molecular flexibility index (Phi) is 9.53. The number of sulfonamides is 1. The molecule has 2 fully saturated rings. The van der Waals surface area contributed by atoms with Gasteiger partial charge in [0.15, 0.2) is 11.5 Å². The van der Waals surface area contributed by atoms with Crippen molar-refractivity contribution in [3.8, 4) is 23.3 Å². The van der Waals surface area contributed by atoms with Crippen LogP contribution in [0.4, 0.5) is 0 Å². The average Bonchev–Trinajstić information content (AvgIpc) is 3.51. The standard InChI is InChI=1S/C29H39N3O5S/c1-4-5-15-38(33,34)32-20-24-18-31(19-25(24)21-32)14-6-7-27(23-10-8-22(17-30)9-11-23)37-26-12-13-28(35-2)29(16-26)36-3/h8-13,16,24-25,27H,4-7,14-15,18-21H2,1-3H3. The summed E-state index contributed by atoms with van der Waals surface area (Å²) in [5, 5.41) is 9.19. The van der Waals surface area contributed by atoms with Crippen molar-refractivity contribution in [1.29, 1.82) is 5.26 Å². The van der Waals surface area contributed by atoms with Crippen molar-refractivity contribution in [2.75, 3.05) is 52.7 Å². The molecule has 0 aromatic heterocycles. The van der Waals surface area contributed by atoms with E-state index in [2.05, 4.69) is 11.0 Å². The Bertz CT molecular complexity index is 1200. The minimum atomic E-state index is -3.12. The number of rotatable bonds is 13. The lowest BCUT2D eigenvalue weighted by molar-refractivity contribution is 0.181. The van der Waals surface area contributed by atoms with Gasteiger partial charge in [0.05, 0.1) is 31.6 Å². The van der Waals surface area contributed by atoms with Gasteiger partial charge in [0.1, 0.15) is 11.9 Å². The van der Waals surface area contributed by atoms with Crippen LogP contribution in [-0.2, 0) is 10.0 Å². The quantitative estimate of drug-likeness (QED) is 0.369. The Hall–Kier alpha value is -2.80. The smallest absolute Gasteiger partial charge is 0.214 e. The fraction of sp³-hybridized carbons (Fsp3) is 0.552. The third-order valence-electron chi connectivity index (χ3n) is 7.66. The van der Waals surface area contributed by atoms with Crippen molar-refractivity contribution >= 4 is 10.0 Å². The Morgan fingerprint density at radius 3 is 2.26 bits per heavy atom. The summed E-state index contributed by atoms with van der Waals surface area (Å²) in [5.41, 5.74) is 1.64. The van der Waals surface area contributed by atoms with E-state index in [4.69, 9.17) is 14.2 Å². The molecule has 0 bridgehead atoms. The first kappa shape index (κ1) is 28.2. The van der Waals surface area contributed by atoms with E-state index in [1.165, 1.54) is 0 Å². The third-order valence-corrected chi connectivity index (χ3v) is 9.55. The Labute approximate surface area is 227 Å². The highest BCUT2D eigenvalue weighted by molar-refractivity contribution is 7.89. The van der Waals surface area contributed by atoms with Crippen LogP contribution >= 0.6 is 0 Å². The number of nitriles is 1. The van der Waals surface area contributed by atoms with Crippen LogP contribution in [0.2, 0.25) is 0 Å². The maximum absolute atomic E-state index is 12.6. The zero-order valence-electron chi connectivity index (χ0n) is 22.6. The Morgan fingerprint density at radius 2 is 1.66 bits per heavy atom. The predicted octanol–water partition coefficient (Wildman–Crippen LogP) is 4.47. The molecule has 2 aromatic carbocycles. The highest BCUT2D eigenvalue weighted by atomic mass is 32.2. The molecule has 38 heavy (non-hydrogen) atoms. The predicted molar refractivity (Wildman–Crippen MR) is 147 cm³/mol. The van der Waals surface area contributed by atoms with Crippen molar-refractivity contribution in [1.82, 2.24) is 9.21 Å². The van der Waals surface area contributed by atoms with Gasteiger partial charge in [0.25, 0.3) is 0 Å². The summed E-state index contributed by atoms with van der Waals surface area (Å²) in [5.74, 6) is 3.05. The van der Waals surface area contributed by atoms with Gasteiger partial charge in [-0.2, -0.15) is 5.26 Å². The molecule has 3 unspecified atom stereocenters. The topological polar surface area (TPSA) is 92.1 Å². The number of nitrogens with zero attached hydrogens (tertiary/aromatic N) is 3. The van der Waals surface area contributed by atoms with Crippen LogP contribution < -0.4 is 14.2 Å². The average molecular weight is 542 g/mol. The lowest BCUT2D eigenvalue weighted by Gasteiger charge is -2.23. The zero-order chi connectivity index (χ0) is 27.1. The molecule has 8 nitrogen and oxygen atoms in total. The van der Waals surface area contributed by atoms with Crippen LogP contribution in [0.1, 0.15) is 49.8 Å². The number of hydrogen-bond acceptors (Lipinski definition) is 7. The van der Waals surface area contributed by atoms with E-state index < -0.39 is 10.0 Å². The van der Waals surface area contributed by atoms with Gasteiger partial charge in [-0.15, -0.1) is 0 Å². The number of hydrogen-bond donors (Lipinski definition) is 0. The van der Waals surface area contributed by atoms with Gasteiger partial charge >= 0.3 is 0 Å². The number of fused-ring (bicyclic) bond motifs is 1. The fourth-order valence-corrected chi connectivity index (χ4v) is 7.28. The maximum Gasteiger partial charge on any atom is 0.214 e. The van der Waals surface area contributed by atoms with E-state index in [1.54, 1.807) is 18.5 Å². The molecule has 2 aliphatic heterocycles. The van der Waals surface area contributed by atoms with Gasteiger partial charge in [-0.3, -0.25) is 0 Å². The second-order valence-electron chi connectivity index (χ2n) is 10.3. The van der Waals surface area contributed by atoms with Crippen molar-refractivity contribution < 1.29 is 22.6 Å². The molecule has 0 spiro atoms. The Morgan fingerprint density at radius 1 is 0.974 bits per heavy atom. The summed E-state index contributed by atoms with van der Waals surface area (Å²) in [6, 6.07) is 15.3. The van der Waals surface area contributed by atoms with Gasteiger partial charge in [0.2, 0.25) is 10.0 Å². The molecule has 2 saturated heterocycles. The Balaban J connectivity index is 1.35. The van der Waals surface area contributed by atoms with Crippen molar-refractivity contribution in [3.05, 3.63) is 53.6 Å². The third kappa shape index (κ3) is 6.79. The van der Waals surface area contributed by atoms with Gasteiger partial charge in [-0.1, -0.05) is 25.5 Å². The summed E-state index contributed by atoms with van der Waals surface area (Å²) in [7, 11) is 0.0832. The summed E-state index contributed by atoms with van der Waals surface area (Å²) < 4.78 is 44.2. The van der Waals surface area contributed by atoms with Crippen LogP contribution in [0.5, 0.6) is 17.2 Å². The normalized spacial score (nSPS) is 20.6. The minimum Gasteiger partial charge on any atom is -0.493 e. The van der Waals surface area contributed by atoms with E-state index >= 15 is 0 Å². The molecule has 4 rings (SSSR count). The van der Waals surface area contributed by atoms with E-state index in [0.717, 1.165) is 50.9 Å². The first-order valence-electron chi connectivity index (χ1n) is 13.5. The lowest BCUT2D eigenvalue weighted by Crippen LogP contribution is -2.35. The van der Waals surface area contributed by atoms with Crippen molar-refractivity contribution in [2.24, 2.45) is 11.8 Å². The highest BCUT2D eigenvalue weighted by Crippen LogP contribution is 2.35. The molecular weight excluding hydrogens is 502 g/mol. The molecule has 2 heterocycles. The van der Waals surface area contributed by atoms with E-state index in [1.807, 2.05) is 49.4 Å². The van der Waals surface area contributed by atoms with E-state index in [-0.39, 0.29) is 11.9 Å². The van der Waals surface area contributed by atoms with Gasteiger partial charge in [-0.05, 0) is 67.5 Å². The molecule has 2 aromatic rings. The van der Waals surface area contributed by atoms with Crippen molar-refractivity contribution in [3.63, 3.8) is 0 Å². The summed E-state index contributed by atoms with van der Waals surface area (Å²) in [6.45, 7) is 6.17. The first-order chi connectivity index (χ1) is 18.4. The minimum absolute atomic E-state index is 0.179. The number of benzene rings is 2. The van der Waals surface area contributed by atoms with Gasteiger partial charge < -0.3 is 19.1 Å². The second kappa shape index (κ2) is 12.8. The highest BCUT2D eigenvalue weighted by Gasteiger charge is 2.43. The monoisotopic (exact) mass is 541 g/mol. The molecular formula is C29H39N3O5S. The molecule has 0 aliphatic carbocycles. The van der Waals surface area contributed by atoms with Crippen molar-refractivity contribution in [2.45, 2.75) is 38.7 Å². The molecule has 0 N–H and O–H groups in total. The van der Waals surface area contributed by atoms with Crippen LogP contribution in [0, 0.1) is 23.2 Å². The lowest BCUT2D eigenvalue weighted by atomic mass is 10.0. The zero-order valence-corrected chi connectivity index (χ0v) is 23.5. The fourth-order valence-electron chi connectivity index (χ4n) is 5.53. The van der Waals surface area contributed by atoms with Crippen LogP contribution in [0.3, 0.4) is 0 Å². The van der Waals surface area contributed by atoms with Gasteiger partial charge in [-0.25, -0.2) is 12.7 Å². The molecule has 206 valence electrons. The molecule has 3 atom stereocenters. The maximum atomic E-state index is 12.6. The van der Waals surface area contributed by atoms with E-state index in [9.17, 15) is 13.7 Å². The number of likely N-dealkylation sites (tertiary alicyclic amines) is 1. The molecule has 2 aliphatic rings. The summed E-state index contributed by atoms with van der Waals surface area (Å²) in [6.07, 6.45) is 3.19. The SMILES string of the molecule is CCCCS(=O)(=O)N1CC2CN(CCCC(Oc3ccc(OC)c(OC)c3)c3ccc(C#N)cc3)CC2C1. The van der Waals surface area contributed by atoms with E-state index in [0.29, 0.717) is 47.7 Å². The molecule has 9 heteroatoms. The molecule has 0 radical (unpaired) electrons. The molecule has 0 amide bonds. The van der Waals surface area contributed by atoms with Crippen LogP contribution in [-0.4, -0.2) is 70.3 Å². The summed E-state index contributed by atoms with van der Waals surface area (Å²) in [4.78, 5) is 2.47. The summed E-state index contributed by atoms with van der Waals surface area (Å²) >= 11 is 0. The van der Waals surface area contributed by atoms with Gasteiger partial charge in [0, 0.05) is 32.2 Å². The number of unbranched alkanes of at least 4 members (excludes halogenated alkanes) is 1. The number of methoxy groups -OCH3 is 2. The molecule has 0 saturated carbocycles. The second-order valence-corrected chi connectivity index (χ2v) is 12.4. The van der Waals surface area contributed by atoms with Crippen LogP contribution in [0.25, 0.3) is 0 Å². The number of ether oxygens (including phenoxy) is 3. The first-order valence-corrected chi connectivity index (χ1v) is 15.1. The largest absolute Gasteiger partial charge is 0.493 e.